The van der Waals surface area contributed by atoms with E-state index in [1.54, 1.807) is 6.20 Å². The Bertz CT molecular complexity index is 1200. The summed E-state index contributed by atoms with van der Waals surface area (Å²) < 4.78 is 46.0. The van der Waals surface area contributed by atoms with Crippen LogP contribution < -0.4 is 9.64 Å². The van der Waals surface area contributed by atoms with Crippen molar-refractivity contribution in [2.75, 3.05) is 37.7 Å². The highest BCUT2D eigenvalue weighted by atomic mass is 35.5. The summed E-state index contributed by atoms with van der Waals surface area (Å²) in [5, 5.41) is -0.218. The summed E-state index contributed by atoms with van der Waals surface area (Å²) in [5.74, 6) is 0.684. The molecule has 168 valence electrons. The minimum absolute atomic E-state index is 0.0221. The molecular formula is C22H22ClFN4O3S. The first kappa shape index (κ1) is 22.4. The second-order valence-electron chi connectivity index (χ2n) is 7.17. The molecule has 7 nitrogen and oxygen atoms in total. The van der Waals surface area contributed by atoms with Crippen LogP contribution in [0.5, 0.6) is 5.75 Å². The summed E-state index contributed by atoms with van der Waals surface area (Å²) in [5.41, 5.74) is 1.71. The molecule has 1 aliphatic rings. The number of aromatic nitrogens is 2. The van der Waals surface area contributed by atoms with Crippen molar-refractivity contribution in [3.05, 3.63) is 65.6 Å². The molecule has 2 aromatic carbocycles. The number of rotatable bonds is 6. The molecule has 0 aliphatic carbocycles. The summed E-state index contributed by atoms with van der Waals surface area (Å²) in [7, 11) is -3.76. The molecule has 0 saturated carbocycles. The minimum atomic E-state index is -3.76. The van der Waals surface area contributed by atoms with E-state index in [0.717, 1.165) is 29.1 Å². The standard InChI is InChI=1S/C22H22ClFN4O3S/c1-2-31-17-5-3-16(4-6-17)21-9-10-25-22(26-21)27-11-13-28(14-12-27)32(29,30)18-7-8-20(24)19(23)15-18/h3-10,15H,2,11-14H2,1H3. The Morgan fingerprint density at radius 2 is 1.78 bits per heavy atom. The van der Waals surface area contributed by atoms with Crippen LogP contribution in [0.3, 0.4) is 0 Å². The van der Waals surface area contributed by atoms with E-state index >= 15 is 0 Å². The number of benzene rings is 2. The normalized spacial score (nSPS) is 15.0. The Morgan fingerprint density at radius 3 is 2.44 bits per heavy atom. The highest BCUT2D eigenvalue weighted by molar-refractivity contribution is 7.89. The Balaban J connectivity index is 1.46. The molecule has 10 heteroatoms. The first-order valence-electron chi connectivity index (χ1n) is 10.1. The summed E-state index contributed by atoms with van der Waals surface area (Å²) in [6, 6.07) is 12.9. The first-order valence-corrected chi connectivity index (χ1v) is 12.0. The smallest absolute Gasteiger partial charge is 0.243 e. The lowest BCUT2D eigenvalue weighted by Gasteiger charge is -2.34. The van der Waals surface area contributed by atoms with Gasteiger partial charge in [0, 0.05) is 37.9 Å². The number of nitrogens with zero attached hydrogens (tertiary/aromatic N) is 4. The molecule has 4 rings (SSSR count). The van der Waals surface area contributed by atoms with Crippen molar-refractivity contribution >= 4 is 27.6 Å². The quantitative estimate of drug-likeness (QED) is 0.538. The van der Waals surface area contributed by atoms with Crippen LogP contribution in [0.1, 0.15) is 6.92 Å². The van der Waals surface area contributed by atoms with Crippen LogP contribution in [0.25, 0.3) is 11.3 Å². The molecule has 3 aromatic rings. The van der Waals surface area contributed by atoms with Crippen LogP contribution in [0, 0.1) is 5.82 Å². The van der Waals surface area contributed by atoms with Crippen LogP contribution in [0.4, 0.5) is 10.3 Å². The van der Waals surface area contributed by atoms with Crippen molar-refractivity contribution in [2.45, 2.75) is 11.8 Å². The van der Waals surface area contributed by atoms with E-state index in [-0.39, 0.29) is 23.0 Å². The number of hydrogen-bond acceptors (Lipinski definition) is 6. The van der Waals surface area contributed by atoms with Gasteiger partial charge in [0.15, 0.2) is 0 Å². The predicted molar refractivity (Wildman–Crippen MR) is 121 cm³/mol. The lowest BCUT2D eigenvalue weighted by molar-refractivity contribution is 0.340. The zero-order chi connectivity index (χ0) is 22.7. The zero-order valence-electron chi connectivity index (χ0n) is 17.4. The predicted octanol–water partition coefficient (Wildman–Crippen LogP) is 3.85. The van der Waals surface area contributed by atoms with Crippen LogP contribution in [-0.2, 0) is 10.0 Å². The molecule has 1 fully saturated rings. The number of sulfonamides is 1. The van der Waals surface area contributed by atoms with Crippen LogP contribution in [0.15, 0.2) is 59.6 Å². The maximum atomic E-state index is 13.4. The molecule has 32 heavy (non-hydrogen) atoms. The minimum Gasteiger partial charge on any atom is -0.494 e. The second kappa shape index (κ2) is 9.40. The highest BCUT2D eigenvalue weighted by Gasteiger charge is 2.30. The van der Waals surface area contributed by atoms with E-state index in [4.69, 9.17) is 16.3 Å². The Kier molecular flexibility index (Phi) is 6.59. The zero-order valence-corrected chi connectivity index (χ0v) is 19.0. The van der Waals surface area contributed by atoms with Gasteiger partial charge in [0.1, 0.15) is 11.6 Å². The van der Waals surface area contributed by atoms with E-state index in [1.165, 1.54) is 10.4 Å². The maximum Gasteiger partial charge on any atom is 0.243 e. The van der Waals surface area contributed by atoms with Crippen molar-refractivity contribution in [1.29, 1.82) is 0 Å². The molecule has 0 amide bonds. The molecule has 0 radical (unpaired) electrons. The fourth-order valence-electron chi connectivity index (χ4n) is 3.46. The van der Waals surface area contributed by atoms with Crippen LogP contribution in [0.2, 0.25) is 5.02 Å². The fourth-order valence-corrected chi connectivity index (χ4v) is 5.16. The van der Waals surface area contributed by atoms with Crippen LogP contribution in [-0.4, -0.2) is 55.5 Å². The molecule has 1 aliphatic heterocycles. The number of ether oxygens (including phenoxy) is 1. The summed E-state index contributed by atoms with van der Waals surface area (Å²) in [4.78, 5) is 10.9. The molecule has 0 bridgehead atoms. The van der Waals surface area contributed by atoms with Crippen molar-refractivity contribution in [3.63, 3.8) is 0 Å². The van der Waals surface area contributed by atoms with Crippen molar-refractivity contribution < 1.29 is 17.5 Å². The Labute approximate surface area is 191 Å². The lowest BCUT2D eigenvalue weighted by Crippen LogP contribution is -2.49. The van der Waals surface area contributed by atoms with Gasteiger partial charge in [-0.15, -0.1) is 0 Å². The van der Waals surface area contributed by atoms with Gasteiger partial charge in [-0.2, -0.15) is 4.31 Å². The molecule has 0 N–H and O–H groups in total. The van der Waals surface area contributed by atoms with Gasteiger partial charge < -0.3 is 9.64 Å². The third-order valence-corrected chi connectivity index (χ3v) is 7.34. The molecule has 1 aromatic heterocycles. The molecular weight excluding hydrogens is 455 g/mol. The molecule has 2 heterocycles. The Hall–Kier alpha value is -2.75. The van der Waals surface area contributed by atoms with Crippen molar-refractivity contribution in [1.82, 2.24) is 14.3 Å². The maximum absolute atomic E-state index is 13.4. The highest BCUT2D eigenvalue weighted by Crippen LogP contribution is 2.25. The van der Waals surface area contributed by atoms with Gasteiger partial charge in [-0.1, -0.05) is 11.6 Å². The number of halogens is 2. The van der Waals surface area contributed by atoms with Gasteiger partial charge >= 0.3 is 0 Å². The van der Waals surface area contributed by atoms with Crippen LogP contribution >= 0.6 is 11.6 Å². The summed E-state index contributed by atoms with van der Waals surface area (Å²) in [6.07, 6.45) is 1.69. The van der Waals surface area contributed by atoms with Crippen molar-refractivity contribution in [2.24, 2.45) is 0 Å². The number of anilines is 1. The second-order valence-corrected chi connectivity index (χ2v) is 9.51. The van der Waals surface area contributed by atoms with Gasteiger partial charge in [-0.3, -0.25) is 0 Å². The molecule has 0 atom stereocenters. The number of piperazine rings is 1. The van der Waals surface area contributed by atoms with Crippen molar-refractivity contribution in [3.8, 4) is 17.0 Å². The Morgan fingerprint density at radius 1 is 1.06 bits per heavy atom. The van der Waals surface area contributed by atoms with E-state index in [0.29, 0.717) is 25.6 Å². The SMILES string of the molecule is CCOc1ccc(-c2ccnc(N3CCN(S(=O)(=O)c4ccc(F)c(Cl)c4)CC3)n2)cc1. The average Bonchev–Trinajstić information content (AvgIpc) is 2.82. The van der Waals surface area contributed by atoms with E-state index < -0.39 is 15.8 Å². The van der Waals surface area contributed by atoms with Gasteiger partial charge in [0.2, 0.25) is 16.0 Å². The molecule has 0 unspecified atom stereocenters. The third-order valence-electron chi connectivity index (χ3n) is 5.15. The van der Waals surface area contributed by atoms with Gasteiger partial charge in [0.25, 0.3) is 0 Å². The molecule has 1 saturated heterocycles. The van der Waals surface area contributed by atoms with Gasteiger partial charge in [0.05, 0.1) is 22.2 Å². The monoisotopic (exact) mass is 476 g/mol. The van der Waals surface area contributed by atoms with Gasteiger partial charge in [-0.25, -0.2) is 22.8 Å². The summed E-state index contributed by atoms with van der Waals surface area (Å²) in [6.45, 7) is 3.92. The first-order chi connectivity index (χ1) is 15.4. The average molecular weight is 477 g/mol. The lowest BCUT2D eigenvalue weighted by atomic mass is 10.1. The number of hydrogen-bond donors (Lipinski definition) is 0. The third kappa shape index (κ3) is 4.69. The fraction of sp³-hybridized carbons (Fsp3) is 0.273. The largest absolute Gasteiger partial charge is 0.494 e. The van der Waals surface area contributed by atoms with E-state index in [2.05, 4.69) is 9.97 Å². The molecule has 0 spiro atoms. The topological polar surface area (TPSA) is 75.6 Å². The summed E-state index contributed by atoms with van der Waals surface area (Å²) >= 11 is 5.76. The van der Waals surface area contributed by atoms with Gasteiger partial charge in [-0.05, 0) is 55.5 Å². The van der Waals surface area contributed by atoms with E-state index in [1.807, 2.05) is 42.2 Å². The van der Waals surface area contributed by atoms with E-state index in [9.17, 15) is 12.8 Å².